The second kappa shape index (κ2) is 4.10. The van der Waals surface area contributed by atoms with Crippen LogP contribution in [-0.4, -0.2) is 24.0 Å². The Morgan fingerprint density at radius 1 is 1.32 bits per heavy atom. The summed E-state index contributed by atoms with van der Waals surface area (Å²) in [6.07, 6.45) is 5.13. The van der Waals surface area contributed by atoms with Crippen LogP contribution in [0.15, 0.2) is 34.9 Å². The molecule has 2 aliphatic heterocycles. The van der Waals surface area contributed by atoms with E-state index in [1.807, 2.05) is 24.3 Å². The van der Waals surface area contributed by atoms with Gasteiger partial charge in [-0.3, -0.25) is 4.79 Å². The highest BCUT2D eigenvalue weighted by molar-refractivity contribution is 5.97. The van der Waals surface area contributed by atoms with E-state index in [9.17, 15) is 4.79 Å². The summed E-state index contributed by atoms with van der Waals surface area (Å²) in [4.78, 5) is 12.3. The van der Waals surface area contributed by atoms with Crippen LogP contribution in [0.2, 0.25) is 0 Å². The second-order valence-corrected chi connectivity index (χ2v) is 5.54. The Labute approximate surface area is 111 Å². The fourth-order valence-electron chi connectivity index (χ4n) is 3.34. The molecule has 3 unspecified atom stereocenters. The lowest BCUT2D eigenvalue weighted by atomic mass is 9.95. The maximum Gasteiger partial charge on any atom is 0.251 e. The molecule has 98 valence electrons. The van der Waals surface area contributed by atoms with E-state index >= 15 is 0 Å². The number of hydrogen-bond donors (Lipinski definition) is 2. The third-order valence-electron chi connectivity index (χ3n) is 4.33. The van der Waals surface area contributed by atoms with Crippen molar-refractivity contribution in [3.63, 3.8) is 0 Å². The minimum Gasteiger partial charge on any atom is -0.464 e. The van der Waals surface area contributed by atoms with E-state index in [-0.39, 0.29) is 11.9 Å². The first-order valence-electron chi connectivity index (χ1n) is 6.84. The van der Waals surface area contributed by atoms with E-state index in [0.717, 1.165) is 17.4 Å². The van der Waals surface area contributed by atoms with Crippen molar-refractivity contribution in [3.05, 3.63) is 36.1 Å². The van der Waals surface area contributed by atoms with Gasteiger partial charge in [-0.2, -0.15) is 0 Å². The van der Waals surface area contributed by atoms with Gasteiger partial charge >= 0.3 is 0 Å². The van der Waals surface area contributed by atoms with Gasteiger partial charge in [-0.15, -0.1) is 0 Å². The highest BCUT2D eigenvalue weighted by Gasteiger charge is 2.39. The van der Waals surface area contributed by atoms with Gasteiger partial charge in [0.2, 0.25) is 0 Å². The summed E-state index contributed by atoms with van der Waals surface area (Å²) in [5, 5.41) is 7.65. The number of amides is 1. The van der Waals surface area contributed by atoms with Crippen molar-refractivity contribution >= 4 is 16.9 Å². The summed E-state index contributed by atoms with van der Waals surface area (Å²) < 4.78 is 5.28. The Morgan fingerprint density at radius 3 is 3.05 bits per heavy atom. The molecule has 1 aromatic carbocycles. The molecule has 1 amide bonds. The Kier molecular flexibility index (Phi) is 2.38. The maximum absolute atomic E-state index is 12.3. The summed E-state index contributed by atoms with van der Waals surface area (Å²) in [6, 6.07) is 8.79. The predicted molar refractivity (Wildman–Crippen MR) is 72.0 cm³/mol. The number of carbonyl (C=O) groups excluding carboxylic acids is 1. The lowest BCUT2D eigenvalue weighted by Crippen LogP contribution is -2.42. The Morgan fingerprint density at radius 2 is 2.26 bits per heavy atom. The van der Waals surface area contributed by atoms with Crippen LogP contribution in [0, 0.1) is 0 Å². The smallest absolute Gasteiger partial charge is 0.251 e. The van der Waals surface area contributed by atoms with E-state index in [4.69, 9.17) is 4.42 Å². The van der Waals surface area contributed by atoms with Crippen LogP contribution in [-0.2, 0) is 0 Å². The van der Waals surface area contributed by atoms with E-state index < -0.39 is 0 Å². The number of carbonyl (C=O) groups is 1. The number of hydrogen-bond acceptors (Lipinski definition) is 3. The maximum atomic E-state index is 12.3. The predicted octanol–water partition coefficient (Wildman–Crippen LogP) is 2.06. The van der Waals surface area contributed by atoms with E-state index in [1.54, 1.807) is 6.26 Å². The van der Waals surface area contributed by atoms with Crippen molar-refractivity contribution in [2.75, 3.05) is 0 Å². The van der Waals surface area contributed by atoms with Gasteiger partial charge in [0.1, 0.15) is 5.58 Å². The van der Waals surface area contributed by atoms with Gasteiger partial charge in [0.25, 0.3) is 5.91 Å². The topological polar surface area (TPSA) is 54.3 Å². The molecule has 1 aromatic heterocycles. The van der Waals surface area contributed by atoms with Gasteiger partial charge in [-0.25, -0.2) is 0 Å². The molecule has 2 fully saturated rings. The van der Waals surface area contributed by atoms with Crippen molar-refractivity contribution in [2.45, 2.75) is 37.4 Å². The molecule has 4 nitrogen and oxygen atoms in total. The lowest BCUT2D eigenvalue weighted by molar-refractivity contribution is 0.0931. The van der Waals surface area contributed by atoms with Gasteiger partial charge < -0.3 is 15.1 Å². The fourth-order valence-corrected chi connectivity index (χ4v) is 3.34. The fraction of sp³-hybridized carbons (Fsp3) is 0.400. The molecule has 0 saturated carbocycles. The normalized spacial score (nSPS) is 28.9. The molecular formula is C15H16N2O2. The molecule has 2 aromatic rings. The monoisotopic (exact) mass is 256 g/mol. The van der Waals surface area contributed by atoms with Crippen molar-refractivity contribution in [1.29, 1.82) is 0 Å². The van der Waals surface area contributed by atoms with Crippen molar-refractivity contribution in [2.24, 2.45) is 0 Å². The zero-order valence-corrected chi connectivity index (χ0v) is 10.6. The van der Waals surface area contributed by atoms with Gasteiger partial charge in [0.15, 0.2) is 0 Å². The van der Waals surface area contributed by atoms with Gasteiger partial charge in [-0.1, -0.05) is 0 Å². The van der Waals surface area contributed by atoms with Gasteiger partial charge in [0, 0.05) is 29.1 Å². The first kappa shape index (κ1) is 11.1. The third kappa shape index (κ3) is 1.83. The summed E-state index contributed by atoms with van der Waals surface area (Å²) in [7, 11) is 0. The number of rotatable bonds is 2. The zero-order valence-electron chi connectivity index (χ0n) is 10.6. The van der Waals surface area contributed by atoms with E-state index in [0.29, 0.717) is 17.6 Å². The SMILES string of the molecule is O=C(NC1CC2CCC1N2)c1ccc2occc2c1. The lowest BCUT2D eigenvalue weighted by Gasteiger charge is -2.21. The molecule has 0 aliphatic carbocycles. The molecule has 4 heteroatoms. The first-order chi connectivity index (χ1) is 9.29. The molecule has 0 radical (unpaired) electrons. The van der Waals surface area contributed by atoms with E-state index in [1.165, 1.54) is 12.8 Å². The second-order valence-electron chi connectivity index (χ2n) is 5.54. The standard InChI is InChI=1S/C15H16N2O2/c18-15(17-13-8-11-2-3-12(13)16-11)10-1-4-14-9(7-10)5-6-19-14/h1,4-7,11-13,16H,2-3,8H2,(H,17,18). The third-order valence-corrected chi connectivity index (χ3v) is 4.33. The molecule has 2 aliphatic rings. The zero-order chi connectivity index (χ0) is 12.8. The van der Waals surface area contributed by atoms with Crippen LogP contribution in [0.25, 0.3) is 11.0 Å². The van der Waals surface area contributed by atoms with Crippen molar-refractivity contribution in [3.8, 4) is 0 Å². The minimum atomic E-state index is 0.0162. The molecule has 2 saturated heterocycles. The van der Waals surface area contributed by atoms with Gasteiger partial charge in [0.05, 0.1) is 6.26 Å². The Balaban J connectivity index is 1.53. The average molecular weight is 256 g/mol. The molecule has 4 rings (SSSR count). The van der Waals surface area contributed by atoms with Crippen LogP contribution in [0.4, 0.5) is 0 Å². The minimum absolute atomic E-state index is 0.0162. The quantitative estimate of drug-likeness (QED) is 0.864. The number of benzene rings is 1. The Hall–Kier alpha value is -1.81. The van der Waals surface area contributed by atoms with Crippen LogP contribution in [0.1, 0.15) is 29.6 Å². The number of nitrogens with one attached hydrogen (secondary N) is 2. The van der Waals surface area contributed by atoms with Crippen LogP contribution >= 0.6 is 0 Å². The summed E-state index contributed by atoms with van der Waals surface area (Å²) in [5.41, 5.74) is 1.52. The molecule has 3 heterocycles. The highest BCUT2D eigenvalue weighted by Crippen LogP contribution is 2.28. The van der Waals surface area contributed by atoms with Crippen LogP contribution in [0.5, 0.6) is 0 Å². The first-order valence-corrected chi connectivity index (χ1v) is 6.84. The van der Waals surface area contributed by atoms with E-state index in [2.05, 4.69) is 10.6 Å². The van der Waals surface area contributed by atoms with Crippen LogP contribution < -0.4 is 10.6 Å². The summed E-state index contributed by atoms with van der Waals surface area (Å²) >= 11 is 0. The van der Waals surface area contributed by atoms with Crippen molar-refractivity contribution < 1.29 is 9.21 Å². The summed E-state index contributed by atoms with van der Waals surface area (Å²) in [5.74, 6) is 0.0162. The molecule has 2 N–H and O–H groups in total. The number of furan rings is 1. The molecule has 2 bridgehead atoms. The van der Waals surface area contributed by atoms with Crippen LogP contribution in [0.3, 0.4) is 0 Å². The largest absolute Gasteiger partial charge is 0.464 e. The molecule has 3 atom stereocenters. The molecule has 0 spiro atoms. The van der Waals surface area contributed by atoms with Gasteiger partial charge in [-0.05, 0) is 43.5 Å². The highest BCUT2D eigenvalue weighted by atomic mass is 16.3. The molecular weight excluding hydrogens is 240 g/mol. The average Bonchev–Trinajstić information content (AvgIpc) is 3.13. The molecule has 19 heavy (non-hydrogen) atoms. The van der Waals surface area contributed by atoms with Crippen molar-refractivity contribution in [1.82, 2.24) is 10.6 Å². The number of fused-ring (bicyclic) bond motifs is 3. The Bertz CT molecular complexity index is 634. The summed E-state index contributed by atoms with van der Waals surface area (Å²) in [6.45, 7) is 0.